The van der Waals surface area contributed by atoms with Crippen LogP contribution in [0.3, 0.4) is 0 Å². The van der Waals surface area contributed by atoms with Crippen molar-refractivity contribution in [3.63, 3.8) is 0 Å². The van der Waals surface area contributed by atoms with Gasteiger partial charge in [-0.15, -0.1) is 0 Å². The second-order valence-corrected chi connectivity index (χ2v) is 8.02. The van der Waals surface area contributed by atoms with Gasteiger partial charge in [-0.2, -0.15) is 0 Å². The maximum atomic E-state index is 13.2. The van der Waals surface area contributed by atoms with Crippen molar-refractivity contribution in [1.29, 1.82) is 0 Å². The number of piperidine rings is 2. The van der Waals surface area contributed by atoms with Crippen molar-refractivity contribution in [2.24, 2.45) is 11.8 Å². The summed E-state index contributed by atoms with van der Waals surface area (Å²) in [7, 11) is 0. The molecule has 6 heteroatoms. The summed E-state index contributed by atoms with van der Waals surface area (Å²) >= 11 is 0. The molecule has 0 saturated carbocycles. The van der Waals surface area contributed by atoms with Gasteiger partial charge >= 0.3 is 0 Å². The van der Waals surface area contributed by atoms with E-state index >= 15 is 0 Å². The Morgan fingerprint density at radius 3 is 2.70 bits per heavy atom. The molecule has 1 unspecified atom stereocenters. The second kappa shape index (κ2) is 9.31. The van der Waals surface area contributed by atoms with Gasteiger partial charge in [0.05, 0.1) is 6.54 Å². The van der Waals surface area contributed by atoms with E-state index in [2.05, 4.69) is 17.1 Å². The summed E-state index contributed by atoms with van der Waals surface area (Å²) in [5.74, 6) is 0.401. The Labute approximate surface area is 160 Å². The Morgan fingerprint density at radius 1 is 1.19 bits per heavy atom. The molecule has 148 valence electrons. The first-order valence-electron chi connectivity index (χ1n) is 10.0. The molecular formula is C21H30FN3O2. The van der Waals surface area contributed by atoms with Gasteiger partial charge < -0.3 is 15.1 Å². The molecule has 0 bridgehead atoms. The van der Waals surface area contributed by atoms with Crippen LogP contribution < -0.4 is 5.32 Å². The number of carbonyl (C=O) groups excluding carboxylic acids is 2. The smallest absolute Gasteiger partial charge is 0.251 e. The fourth-order valence-corrected chi connectivity index (χ4v) is 4.05. The third-order valence-electron chi connectivity index (χ3n) is 5.75. The lowest BCUT2D eigenvalue weighted by atomic mass is 9.94. The quantitative estimate of drug-likeness (QED) is 0.860. The van der Waals surface area contributed by atoms with Crippen LogP contribution in [0.15, 0.2) is 24.3 Å². The van der Waals surface area contributed by atoms with E-state index in [-0.39, 0.29) is 18.0 Å². The van der Waals surface area contributed by atoms with Crippen molar-refractivity contribution in [3.8, 4) is 0 Å². The van der Waals surface area contributed by atoms with Crippen molar-refractivity contribution < 1.29 is 14.0 Å². The number of hydrogen-bond donors (Lipinski definition) is 1. The van der Waals surface area contributed by atoms with Gasteiger partial charge in [0.15, 0.2) is 0 Å². The minimum absolute atomic E-state index is 0.0384. The van der Waals surface area contributed by atoms with Gasteiger partial charge in [-0.25, -0.2) is 4.39 Å². The predicted molar refractivity (Wildman–Crippen MR) is 103 cm³/mol. The van der Waals surface area contributed by atoms with E-state index in [1.807, 2.05) is 4.90 Å². The number of rotatable bonds is 5. The van der Waals surface area contributed by atoms with Crippen LogP contribution in [0.1, 0.15) is 43.0 Å². The van der Waals surface area contributed by atoms with Gasteiger partial charge in [-0.05, 0) is 68.8 Å². The summed E-state index contributed by atoms with van der Waals surface area (Å²) in [6, 6.07) is 5.50. The maximum Gasteiger partial charge on any atom is 0.251 e. The molecule has 5 nitrogen and oxygen atoms in total. The summed E-state index contributed by atoms with van der Waals surface area (Å²) < 4.78 is 13.2. The van der Waals surface area contributed by atoms with Gasteiger partial charge in [-0.3, -0.25) is 9.59 Å². The number of nitrogens with zero attached hydrogens (tertiary/aromatic N) is 2. The highest BCUT2D eigenvalue weighted by atomic mass is 19.1. The molecular weight excluding hydrogens is 345 g/mol. The van der Waals surface area contributed by atoms with Crippen LogP contribution in [0.25, 0.3) is 0 Å². The van der Waals surface area contributed by atoms with Gasteiger partial charge in [0, 0.05) is 25.2 Å². The Bertz CT molecular complexity index is 659. The van der Waals surface area contributed by atoms with Crippen LogP contribution in [-0.2, 0) is 4.79 Å². The summed E-state index contributed by atoms with van der Waals surface area (Å²) in [6.45, 7) is 7.18. The van der Waals surface area contributed by atoms with E-state index in [0.717, 1.165) is 51.5 Å². The van der Waals surface area contributed by atoms with Crippen LogP contribution in [-0.4, -0.2) is 60.9 Å². The molecule has 2 heterocycles. The lowest BCUT2D eigenvalue weighted by molar-refractivity contribution is -0.132. The molecule has 1 aromatic rings. The molecule has 1 aromatic carbocycles. The lowest BCUT2D eigenvalue weighted by Gasteiger charge is -2.37. The molecule has 0 aromatic heterocycles. The van der Waals surface area contributed by atoms with E-state index in [1.165, 1.54) is 31.0 Å². The summed E-state index contributed by atoms with van der Waals surface area (Å²) in [5.41, 5.74) is 0.235. The van der Waals surface area contributed by atoms with E-state index < -0.39 is 11.7 Å². The Kier molecular flexibility index (Phi) is 6.83. The third kappa shape index (κ3) is 5.76. The highest BCUT2D eigenvalue weighted by Crippen LogP contribution is 2.21. The number of amides is 2. The number of benzene rings is 1. The molecule has 0 aliphatic carbocycles. The Hall–Kier alpha value is -1.95. The van der Waals surface area contributed by atoms with Gasteiger partial charge in [0.2, 0.25) is 5.91 Å². The van der Waals surface area contributed by atoms with Crippen molar-refractivity contribution in [1.82, 2.24) is 15.1 Å². The number of carbonyl (C=O) groups is 2. The molecule has 0 spiro atoms. The first-order valence-corrected chi connectivity index (χ1v) is 10.0. The summed E-state index contributed by atoms with van der Waals surface area (Å²) in [6.07, 6.45) is 4.70. The number of halogens is 1. The minimum Gasteiger partial charge on any atom is -0.343 e. The monoisotopic (exact) mass is 375 g/mol. The number of likely N-dealkylation sites (tertiary alicyclic amines) is 2. The standard InChI is InChI=1S/C21H30FN3O2/c1-16-7-10-24(11-8-16)14-17-4-3-9-25(15-17)20(26)13-23-21(27)18-5-2-6-19(22)12-18/h2,5-6,12,16-17H,3-4,7-11,13-15H2,1H3,(H,23,27). The van der Waals surface area contributed by atoms with E-state index in [0.29, 0.717) is 5.92 Å². The van der Waals surface area contributed by atoms with Gasteiger partial charge in [0.1, 0.15) is 5.82 Å². The molecule has 2 saturated heterocycles. The maximum absolute atomic E-state index is 13.2. The van der Waals surface area contributed by atoms with Crippen molar-refractivity contribution >= 4 is 11.8 Å². The fourth-order valence-electron chi connectivity index (χ4n) is 4.05. The highest BCUT2D eigenvalue weighted by Gasteiger charge is 2.26. The lowest BCUT2D eigenvalue weighted by Crippen LogP contribution is -2.48. The average Bonchev–Trinajstić information content (AvgIpc) is 2.68. The zero-order valence-corrected chi connectivity index (χ0v) is 16.1. The molecule has 1 atom stereocenters. The summed E-state index contributed by atoms with van der Waals surface area (Å²) in [5, 5.41) is 2.62. The molecule has 2 aliphatic heterocycles. The van der Waals surface area contributed by atoms with Crippen molar-refractivity contribution in [3.05, 3.63) is 35.6 Å². The highest BCUT2D eigenvalue weighted by molar-refractivity contribution is 5.96. The molecule has 27 heavy (non-hydrogen) atoms. The molecule has 2 amide bonds. The van der Waals surface area contributed by atoms with Crippen molar-refractivity contribution in [2.75, 3.05) is 39.3 Å². The predicted octanol–water partition coefficient (Wildman–Crippen LogP) is 2.53. The van der Waals surface area contributed by atoms with Crippen molar-refractivity contribution in [2.45, 2.75) is 32.6 Å². The zero-order valence-electron chi connectivity index (χ0n) is 16.1. The van der Waals surface area contributed by atoms with E-state index in [1.54, 1.807) is 6.07 Å². The molecule has 2 aliphatic rings. The topological polar surface area (TPSA) is 52.6 Å². The van der Waals surface area contributed by atoms with Gasteiger partial charge in [0.25, 0.3) is 5.91 Å². The zero-order chi connectivity index (χ0) is 19.2. The normalized spacial score (nSPS) is 21.9. The Balaban J connectivity index is 1.44. The first kappa shape index (κ1) is 19.8. The summed E-state index contributed by atoms with van der Waals surface area (Å²) in [4.78, 5) is 29.0. The van der Waals surface area contributed by atoms with Crippen LogP contribution in [0.5, 0.6) is 0 Å². The van der Waals surface area contributed by atoms with E-state index in [4.69, 9.17) is 0 Å². The molecule has 2 fully saturated rings. The molecule has 3 rings (SSSR count). The largest absolute Gasteiger partial charge is 0.343 e. The molecule has 1 N–H and O–H groups in total. The minimum atomic E-state index is -0.458. The second-order valence-electron chi connectivity index (χ2n) is 8.02. The van der Waals surface area contributed by atoms with Crippen LogP contribution in [0.4, 0.5) is 4.39 Å². The average molecular weight is 375 g/mol. The Morgan fingerprint density at radius 2 is 1.96 bits per heavy atom. The van der Waals surface area contributed by atoms with Crippen LogP contribution in [0.2, 0.25) is 0 Å². The van der Waals surface area contributed by atoms with Crippen LogP contribution in [0, 0.1) is 17.7 Å². The fraction of sp³-hybridized carbons (Fsp3) is 0.619. The van der Waals surface area contributed by atoms with Crippen LogP contribution >= 0.6 is 0 Å². The molecule has 0 radical (unpaired) electrons. The SMILES string of the molecule is CC1CCN(CC2CCCN(C(=O)CNC(=O)c3cccc(F)c3)C2)CC1. The number of hydrogen-bond acceptors (Lipinski definition) is 3. The third-order valence-corrected chi connectivity index (χ3v) is 5.75. The van der Waals surface area contributed by atoms with Gasteiger partial charge in [-0.1, -0.05) is 13.0 Å². The van der Waals surface area contributed by atoms with E-state index in [9.17, 15) is 14.0 Å². The number of nitrogens with one attached hydrogen (secondary N) is 1. The first-order chi connectivity index (χ1) is 13.0.